The number of hydrogen-bond donors (Lipinski definition) is 1. The molecule has 14 nitrogen and oxygen atoms in total. The Morgan fingerprint density at radius 2 is 0.835 bits per heavy atom. The highest BCUT2D eigenvalue weighted by Crippen LogP contribution is 2.39. The van der Waals surface area contributed by atoms with Crippen molar-refractivity contribution in [2.24, 2.45) is 5.73 Å². The van der Waals surface area contributed by atoms with Crippen LogP contribution in [-0.4, -0.2) is 44.8 Å². The number of nitro groups is 1. The van der Waals surface area contributed by atoms with Crippen molar-refractivity contribution in [3.05, 3.63) is 306 Å². The van der Waals surface area contributed by atoms with Crippen LogP contribution in [0.25, 0.3) is 145 Å². The third kappa shape index (κ3) is 12.9. The van der Waals surface area contributed by atoms with E-state index in [4.69, 9.17) is 45.6 Å². The SMILES string of the molecule is C=C/C(=C\CCC)c1nc2ccc(-c3ccc4nc(-c5ccccc5)c(-c5cccc(C#N)c5)nc4c3)cc2nc1-c1cccc(C#N)c1.NC1=CC(c2nc3ccc(-c4ccc5nc(-c6ccccc6)c(-c6cccc([N+](=O)[O-])c6)nc5c4)cc3nc2-c2ccccc2)=CCC1. The zero-order valence-electron chi connectivity index (χ0n) is 52.7. The van der Waals surface area contributed by atoms with Gasteiger partial charge in [-0.2, -0.15) is 10.5 Å². The molecule has 97 heavy (non-hydrogen) atoms. The van der Waals surface area contributed by atoms with Gasteiger partial charge in [0.05, 0.1) is 118 Å². The van der Waals surface area contributed by atoms with Crippen LogP contribution in [0, 0.1) is 32.8 Å². The molecule has 1 aliphatic rings. The van der Waals surface area contributed by atoms with E-state index in [2.05, 4.69) is 37.8 Å². The van der Waals surface area contributed by atoms with Crippen LogP contribution in [-0.2, 0) is 0 Å². The van der Waals surface area contributed by atoms with Gasteiger partial charge < -0.3 is 5.73 Å². The molecule has 0 spiro atoms. The molecule has 1 aliphatic carbocycles. The minimum Gasteiger partial charge on any atom is -0.402 e. The standard InChI is InChI=1S/C43H30N6.C40H28N6O2/c1-3-5-13-30(4-2)40-42(34-16-9-11-28(22-34)26-44)48-38-24-32(18-20-36(38)46-40)33-19-21-37-39(25-33)49-43(35-17-10-12-29(23-35)27-45)41(47-37)31-14-7-6-8-15-31;41-31-15-7-13-29(21-31)39-38(26-11-5-2-6-12-26)44-35-23-27(18-20-34(35)43-39)28-17-19-33-36(24-28)45-40(30-14-8-16-32(22-30)46(47)48)37(42-33)25-9-3-1-4-10-25/h4,6-25H,2-3,5H2,1H3;1-6,8-14,16-24H,7,15,41H2/b30-13+;. The van der Waals surface area contributed by atoms with Gasteiger partial charge in [0.15, 0.2) is 0 Å². The van der Waals surface area contributed by atoms with Gasteiger partial charge in [-0.3, -0.25) is 10.1 Å². The van der Waals surface area contributed by atoms with Crippen LogP contribution < -0.4 is 5.73 Å². The fraction of sp³-hybridized carbons (Fsp3) is 0.0602. The van der Waals surface area contributed by atoms with E-state index in [0.717, 1.165) is 154 Å². The molecular weight excluding hydrogens is 1200 g/mol. The predicted molar refractivity (Wildman–Crippen MR) is 387 cm³/mol. The predicted octanol–water partition coefficient (Wildman–Crippen LogP) is 19.5. The molecule has 0 atom stereocenters. The molecule has 462 valence electrons. The van der Waals surface area contributed by atoms with E-state index >= 15 is 0 Å². The fourth-order valence-electron chi connectivity index (χ4n) is 12.0. The van der Waals surface area contributed by atoms with Crippen molar-refractivity contribution in [2.45, 2.75) is 32.6 Å². The highest BCUT2D eigenvalue weighted by Gasteiger charge is 2.22. The number of unbranched alkanes of at least 4 members (excludes halogenated alkanes) is 1. The Balaban J connectivity index is 0.000000166. The molecule has 0 aliphatic heterocycles. The highest BCUT2D eigenvalue weighted by atomic mass is 16.6. The van der Waals surface area contributed by atoms with Crippen molar-refractivity contribution in [3.63, 3.8) is 0 Å². The summed E-state index contributed by atoms with van der Waals surface area (Å²) in [7, 11) is 0. The molecular formula is C83H58N12O2. The van der Waals surface area contributed by atoms with E-state index in [1.165, 1.54) is 6.07 Å². The van der Waals surface area contributed by atoms with Gasteiger partial charge in [-0.1, -0.05) is 190 Å². The number of nitriles is 2. The number of nitro benzene ring substituents is 1. The van der Waals surface area contributed by atoms with Crippen molar-refractivity contribution in [1.82, 2.24) is 39.9 Å². The molecule has 4 aromatic heterocycles. The Kier molecular flexibility index (Phi) is 17.1. The maximum absolute atomic E-state index is 11.6. The molecule has 0 radical (unpaired) electrons. The van der Waals surface area contributed by atoms with Gasteiger partial charge in [-0.05, 0) is 126 Å². The summed E-state index contributed by atoms with van der Waals surface area (Å²) >= 11 is 0. The molecule has 0 unspecified atom stereocenters. The van der Waals surface area contributed by atoms with E-state index in [1.807, 2.05) is 218 Å². The second kappa shape index (κ2) is 27.1. The molecule has 0 bridgehead atoms. The molecule has 14 aromatic rings. The normalized spacial score (nSPS) is 12.1. The summed E-state index contributed by atoms with van der Waals surface area (Å²) in [6, 6.07) is 80.0. The highest BCUT2D eigenvalue weighted by molar-refractivity contribution is 5.95. The lowest BCUT2D eigenvalue weighted by Gasteiger charge is -2.15. The summed E-state index contributed by atoms with van der Waals surface area (Å²) in [4.78, 5) is 52.0. The fourth-order valence-corrected chi connectivity index (χ4v) is 12.0. The van der Waals surface area contributed by atoms with Gasteiger partial charge in [-0.15, -0.1) is 0 Å². The molecule has 0 fully saturated rings. The van der Waals surface area contributed by atoms with Crippen molar-refractivity contribution >= 4 is 61.0 Å². The molecule has 0 saturated carbocycles. The first-order chi connectivity index (χ1) is 47.6. The van der Waals surface area contributed by atoms with Gasteiger partial charge in [0, 0.05) is 56.8 Å². The number of rotatable bonds is 14. The topological polar surface area (TPSA) is 220 Å². The second-order valence-electron chi connectivity index (χ2n) is 23.4. The zero-order valence-corrected chi connectivity index (χ0v) is 52.7. The van der Waals surface area contributed by atoms with E-state index < -0.39 is 4.92 Å². The summed E-state index contributed by atoms with van der Waals surface area (Å²) in [6.45, 7) is 6.20. The minimum absolute atomic E-state index is 0.00303. The number of nitrogens with zero attached hydrogens (tertiary/aromatic N) is 11. The van der Waals surface area contributed by atoms with Gasteiger partial charge in [0.2, 0.25) is 0 Å². The number of allylic oxidation sites excluding steroid dienone is 7. The number of benzene rings is 10. The average Bonchev–Trinajstić information content (AvgIpc) is 0.848. The van der Waals surface area contributed by atoms with Crippen LogP contribution in [0.2, 0.25) is 0 Å². The summed E-state index contributed by atoms with van der Waals surface area (Å²) in [5, 5.41) is 30.8. The van der Waals surface area contributed by atoms with E-state index in [-0.39, 0.29) is 5.69 Å². The van der Waals surface area contributed by atoms with E-state index in [1.54, 1.807) is 24.3 Å². The number of non-ortho nitro benzene ring substituents is 1. The Morgan fingerprint density at radius 3 is 1.27 bits per heavy atom. The van der Waals surface area contributed by atoms with Crippen LogP contribution in [0.5, 0.6) is 0 Å². The monoisotopic (exact) mass is 1250 g/mol. The molecule has 14 heteroatoms. The molecule has 10 aromatic carbocycles. The van der Waals surface area contributed by atoms with Gasteiger partial charge in [0.25, 0.3) is 5.69 Å². The lowest BCUT2D eigenvalue weighted by molar-refractivity contribution is -0.384. The molecule has 0 amide bonds. The molecule has 2 N–H and O–H groups in total. The van der Waals surface area contributed by atoms with Crippen LogP contribution in [0.1, 0.15) is 55.1 Å². The molecule has 15 rings (SSSR count). The second-order valence-corrected chi connectivity index (χ2v) is 23.4. The number of nitrogens with two attached hydrogens (primary N) is 1. The third-order valence-corrected chi connectivity index (χ3v) is 16.9. The number of hydrogen-bond acceptors (Lipinski definition) is 13. The quantitative estimate of drug-likeness (QED) is 0.0609. The van der Waals surface area contributed by atoms with Crippen molar-refractivity contribution < 1.29 is 4.92 Å². The van der Waals surface area contributed by atoms with Crippen LogP contribution >= 0.6 is 0 Å². The maximum Gasteiger partial charge on any atom is 0.270 e. The lowest BCUT2D eigenvalue weighted by atomic mass is 9.97. The minimum atomic E-state index is -0.398. The van der Waals surface area contributed by atoms with Crippen LogP contribution in [0.15, 0.2) is 273 Å². The van der Waals surface area contributed by atoms with Crippen molar-refractivity contribution in [1.29, 1.82) is 10.5 Å². The molecule has 4 heterocycles. The van der Waals surface area contributed by atoms with Crippen LogP contribution in [0.3, 0.4) is 0 Å². The average molecular weight is 1260 g/mol. The molecule has 0 saturated heterocycles. The number of aromatic nitrogens is 8. The van der Waals surface area contributed by atoms with E-state index in [0.29, 0.717) is 45.0 Å². The summed E-state index contributed by atoms with van der Waals surface area (Å²) in [5.74, 6) is 0. The lowest BCUT2D eigenvalue weighted by Crippen LogP contribution is -2.04. The third-order valence-electron chi connectivity index (χ3n) is 16.9. The van der Waals surface area contributed by atoms with Crippen molar-refractivity contribution in [3.8, 4) is 102 Å². The van der Waals surface area contributed by atoms with Crippen molar-refractivity contribution in [2.75, 3.05) is 0 Å². The van der Waals surface area contributed by atoms with E-state index in [9.17, 15) is 20.6 Å². The Labute approximate surface area is 559 Å². The number of fused-ring (bicyclic) bond motifs is 4. The maximum atomic E-state index is 11.6. The Bertz CT molecular complexity index is 5640. The first-order valence-corrected chi connectivity index (χ1v) is 31.8. The first kappa shape index (κ1) is 61.2. The summed E-state index contributed by atoms with van der Waals surface area (Å²) in [5.41, 5.74) is 30.7. The van der Waals surface area contributed by atoms with Gasteiger partial charge >= 0.3 is 0 Å². The zero-order chi connectivity index (χ0) is 66.4. The van der Waals surface area contributed by atoms with Gasteiger partial charge in [-0.25, -0.2) is 39.9 Å². The smallest absolute Gasteiger partial charge is 0.270 e. The first-order valence-electron chi connectivity index (χ1n) is 31.8. The Morgan fingerprint density at radius 1 is 0.454 bits per heavy atom. The largest absolute Gasteiger partial charge is 0.402 e. The summed E-state index contributed by atoms with van der Waals surface area (Å²) in [6.07, 6.45) is 11.7. The Hall–Kier alpha value is -13.3. The van der Waals surface area contributed by atoms with Gasteiger partial charge in [0.1, 0.15) is 0 Å². The van der Waals surface area contributed by atoms with Crippen LogP contribution in [0.4, 0.5) is 5.69 Å². The summed E-state index contributed by atoms with van der Waals surface area (Å²) < 4.78 is 0.